The summed E-state index contributed by atoms with van der Waals surface area (Å²) in [5, 5.41) is 1.94. The molecule has 126 valence electrons. The molecule has 0 fully saturated rings. The summed E-state index contributed by atoms with van der Waals surface area (Å²) in [5.41, 5.74) is 4.70. The molecule has 0 radical (unpaired) electrons. The van der Waals surface area contributed by atoms with Crippen molar-refractivity contribution in [1.82, 2.24) is 10.3 Å². The topological polar surface area (TPSA) is 77.2 Å². The number of nitrogens with two attached hydrogens (primary N) is 1. The molecule has 0 unspecified atom stereocenters. The maximum absolute atomic E-state index is 12.8. The number of nitrogens with zero attached hydrogens (tertiary/aromatic N) is 1. The Hall–Kier alpha value is -1.68. The first-order valence-electron chi connectivity index (χ1n) is 5.65. The first-order valence-corrected chi connectivity index (χ1v) is 5.65. The quantitative estimate of drug-likeness (QED) is 0.767. The summed E-state index contributed by atoms with van der Waals surface area (Å²) in [7, 11) is 0. The molecule has 11 heteroatoms. The molecule has 1 aromatic rings. The van der Waals surface area contributed by atoms with Crippen LogP contribution in [0.5, 0.6) is 5.88 Å². The molecule has 0 spiro atoms. The maximum Gasteiger partial charge on any atom is 0.422 e. The molecule has 5 nitrogen and oxygen atoms in total. The van der Waals surface area contributed by atoms with Gasteiger partial charge in [-0.1, -0.05) is 0 Å². The minimum Gasteiger partial charge on any atom is -0.468 e. The second kappa shape index (κ2) is 8.08. The summed E-state index contributed by atoms with van der Waals surface area (Å²) in [6, 6.07) is 2.14. The number of carbonyl (C=O) groups is 1. The van der Waals surface area contributed by atoms with Crippen LogP contribution in [0, 0.1) is 0 Å². The van der Waals surface area contributed by atoms with Gasteiger partial charge in [-0.05, 0) is 6.07 Å². The predicted octanol–water partition coefficient (Wildman–Crippen LogP) is 1.77. The number of ether oxygens (including phenoxy) is 1. The molecule has 0 saturated carbocycles. The van der Waals surface area contributed by atoms with Gasteiger partial charge in [0, 0.05) is 12.3 Å². The molecule has 3 N–H and O–H groups in total. The Morgan fingerprint density at radius 3 is 2.36 bits per heavy atom. The van der Waals surface area contributed by atoms with Crippen molar-refractivity contribution in [2.45, 2.75) is 12.1 Å². The first-order chi connectivity index (χ1) is 9.63. The highest BCUT2D eigenvalue weighted by atomic mass is 35.5. The smallest absolute Gasteiger partial charge is 0.422 e. The third kappa shape index (κ3) is 7.36. The monoisotopic (exact) mass is 349 g/mol. The molecule has 1 aromatic heterocycles. The van der Waals surface area contributed by atoms with Gasteiger partial charge in [0.05, 0.1) is 18.7 Å². The van der Waals surface area contributed by atoms with Gasteiger partial charge >= 0.3 is 6.18 Å². The van der Waals surface area contributed by atoms with Gasteiger partial charge in [-0.3, -0.25) is 4.79 Å². The van der Waals surface area contributed by atoms with E-state index in [9.17, 15) is 26.7 Å². The van der Waals surface area contributed by atoms with Crippen LogP contribution in [-0.2, 0) is 0 Å². The molecular formula is C11H13ClF5N3O2. The van der Waals surface area contributed by atoms with Crippen molar-refractivity contribution < 1.29 is 31.5 Å². The molecule has 0 aliphatic rings. The fraction of sp³-hybridized carbons (Fsp3) is 0.455. The van der Waals surface area contributed by atoms with Gasteiger partial charge in [0.2, 0.25) is 5.88 Å². The Labute approximate surface area is 128 Å². The van der Waals surface area contributed by atoms with Gasteiger partial charge in [-0.25, -0.2) is 13.8 Å². The molecule has 22 heavy (non-hydrogen) atoms. The molecule has 0 aliphatic heterocycles. The number of nitrogens with one attached hydrogen (secondary N) is 1. The Bertz CT molecular complexity index is 482. The van der Waals surface area contributed by atoms with E-state index in [1.165, 1.54) is 0 Å². The number of amides is 1. The second-order valence-electron chi connectivity index (χ2n) is 4.03. The van der Waals surface area contributed by atoms with E-state index in [-0.39, 0.29) is 23.9 Å². The largest absolute Gasteiger partial charge is 0.468 e. The van der Waals surface area contributed by atoms with Crippen LogP contribution in [0.15, 0.2) is 18.3 Å². The van der Waals surface area contributed by atoms with E-state index in [1.54, 1.807) is 0 Å². The number of pyridine rings is 1. The van der Waals surface area contributed by atoms with E-state index >= 15 is 0 Å². The summed E-state index contributed by atoms with van der Waals surface area (Å²) in [5.74, 6) is -4.42. The second-order valence-corrected chi connectivity index (χ2v) is 4.03. The van der Waals surface area contributed by atoms with Crippen LogP contribution in [0.4, 0.5) is 22.0 Å². The Morgan fingerprint density at radius 1 is 1.27 bits per heavy atom. The lowest BCUT2D eigenvalue weighted by molar-refractivity contribution is -0.154. The van der Waals surface area contributed by atoms with E-state index in [1.807, 2.05) is 5.32 Å². The van der Waals surface area contributed by atoms with Crippen molar-refractivity contribution in [2.75, 3.05) is 19.7 Å². The van der Waals surface area contributed by atoms with Crippen LogP contribution < -0.4 is 15.8 Å². The highest BCUT2D eigenvalue weighted by Gasteiger charge is 2.29. The number of halogens is 6. The van der Waals surface area contributed by atoms with Gasteiger partial charge in [0.1, 0.15) is 0 Å². The van der Waals surface area contributed by atoms with Crippen molar-refractivity contribution in [3.63, 3.8) is 0 Å². The summed E-state index contributed by atoms with van der Waals surface area (Å²) >= 11 is 0. The van der Waals surface area contributed by atoms with E-state index in [0.29, 0.717) is 0 Å². The lowest BCUT2D eigenvalue weighted by Crippen LogP contribution is -2.41. The lowest BCUT2D eigenvalue weighted by atomic mass is 10.2. The lowest BCUT2D eigenvalue weighted by Gasteiger charge is -2.14. The van der Waals surface area contributed by atoms with Crippen molar-refractivity contribution in [3.05, 3.63) is 23.9 Å². The fourth-order valence-electron chi connectivity index (χ4n) is 1.14. The Morgan fingerprint density at radius 2 is 1.91 bits per heavy atom. The summed E-state index contributed by atoms with van der Waals surface area (Å²) in [4.78, 5) is 15.0. The molecule has 0 saturated heterocycles. The van der Waals surface area contributed by atoms with Crippen molar-refractivity contribution in [1.29, 1.82) is 0 Å². The summed E-state index contributed by atoms with van der Waals surface area (Å²) in [6.45, 7) is -3.39. The summed E-state index contributed by atoms with van der Waals surface area (Å²) in [6.07, 6.45) is -3.59. The maximum atomic E-state index is 12.8. The molecule has 0 bridgehead atoms. The van der Waals surface area contributed by atoms with Crippen molar-refractivity contribution in [2.24, 2.45) is 5.73 Å². The van der Waals surface area contributed by atoms with Gasteiger partial charge in [-0.15, -0.1) is 12.4 Å². The molecule has 1 rings (SSSR count). The van der Waals surface area contributed by atoms with E-state index in [4.69, 9.17) is 5.73 Å². The van der Waals surface area contributed by atoms with Crippen LogP contribution in [0.2, 0.25) is 0 Å². The Kier molecular flexibility index (Phi) is 7.47. The molecule has 0 aromatic carbocycles. The molecule has 1 heterocycles. The SMILES string of the molecule is Cl.NCC(F)(F)CNC(=O)c1ccc(OCC(F)(F)F)nc1. The van der Waals surface area contributed by atoms with Crippen LogP contribution in [-0.4, -0.2) is 42.7 Å². The number of alkyl halides is 5. The fourth-order valence-corrected chi connectivity index (χ4v) is 1.14. The minimum atomic E-state index is -4.51. The standard InChI is InChI=1S/C11H12F5N3O2.ClH/c12-10(13,4-17)5-19-9(20)7-1-2-8(18-3-7)21-6-11(14,15)16;/h1-3H,4-6,17H2,(H,19,20);1H. The van der Waals surface area contributed by atoms with Gasteiger partial charge in [-0.2, -0.15) is 13.2 Å². The zero-order valence-corrected chi connectivity index (χ0v) is 11.8. The third-order valence-corrected chi connectivity index (χ3v) is 2.19. The molecule has 0 atom stereocenters. The minimum absolute atomic E-state index is 0. The zero-order chi connectivity index (χ0) is 16.1. The highest BCUT2D eigenvalue weighted by molar-refractivity contribution is 5.93. The predicted molar refractivity (Wildman–Crippen MR) is 69.4 cm³/mol. The average Bonchev–Trinajstić information content (AvgIpc) is 2.42. The third-order valence-electron chi connectivity index (χ3n) is 2.19. The van der Waals surface area contributed by atoms with E-state index < -0.39 is 37.7 Å². The summed E-state index contributed by atoms with van der Waals surface area (Å²) < 4.78 is 65.7. The number of rotatable bonds is 6. The van der Waals surface area contributed by atoms with E-state index in [0.717, 1.165) is 18.3 Å². The first kappa shape index (κ1) is 20.3. The van der Waals surface area contributed by atoms with Crippen LogP contribution in [0.1, 0.15) is 10.4 Å². The molecule has 1 amide bonds. The van der Waals surface area contributed by atoms with Crippen LogP contribution in [0.25, 0.3) is 0 Å². The van der Waals surface area contributed by atoms with E-state index in [2.05, 4.69) is 9.72 Å². The van der Waals surface area contributed by atoms with Gasteiger partial charge < -0.3 is 15.8 Å². The normalized spacial score (nSPS) is 11.5. The number of hydrogen-bond donors (Lipinski definition) is 2. The highest BCUT2D eigenvalue weighted by Crippen LogP contribution is 2.17. The van der Waals surface area contributed by atoms with Crippen molar-refractivity contribution in [3.8, 4) is 5.88 Å². The average molecular weight is 350 g/mol. The number of hydrogen-bond acceptors (Lipinski definition) is 4. The molecular weight excluding hydrogens is 337 g/mol. The Balaban J connectivity index is 0.00000441. The zero-order valence-electron chi connectivity index (χ0n) is 11.0. The van der Waals surface area contributed by atoms with Crippen LogP contribution in [0.3, 0.4) is 0 Å². The van der Waals surface area contributed by atoms with Crippen LogP contribution >= 0.6 is 12.4 Å². The van der Waals surface area contributed by atoms with Crippen molar-refractivity contribution >= 4 is 18.3 Å². The number of aromatic nitrogens is 1. The van der Waals surface area contributed by atoms with Gasteiger partial charge in [0.15, 0.2) is 6.61 Å². The molecule has 0 aliphatic carbocycles. The number of carbonyl (C=O) groups excluding carboxylic acids is 1. The van der Waals surface area contributed by atoms with Gasteiger partial charge in [0.25, 0.3) is 11.8 Å².